The third kappa shape index (κ3) is 2.36. The van der Waals surface area contributed by atoms with E-state index in [0.29, 0.717) is 5.92 Å². The van der Waals surface area contributed by atoms with Crippen LogP contribution >= 0.6 is 0 Å². The van der Waals surface area contributed by atoms with Gasteiger partial charge in [-0.05, 0) is 42.9 Å². The smallest absolute Gasteiger partial charge is 0.00767 e. The molecule has 0 aliphatic heterocycles. The summed E-state index contributed by atoms with van der Waals surface area (Å²) in [5.41, 5.74) is 10.1. The summed E-state index contributed by atoms with van der Waals surface area (Å²) in [5, 5.41) is 0. The van der Waals surface area contributed by atoms with Gasteiger partial charge in [0.25, 0.3) is 0 Å². The van der Waals surface area contributed by atoms with Gasteiger partial charge in [-0.25, -0.2) is 0 Å². The van der Waals surface area contributed by atoms with Gasteiger partial charge in [-0.15, -0.1) is 0 Å². The average molecular weight is 191 g/mol. The molecule has 0 saturated carbocycles. The van der Waals surface area contributed by atoms with Crippen molar-refractivity contribution in [1.29, 1.82) is 0 Å². The topological polar surface area (TPSA) is 26.0 Å². The quantitative estimate of drug-likeness (QED) is 0.781. The highest BCUT2D eigenvalue weighted by molar-refractivity contribution is 5.34. The molecule has 0 fully saturated rings. The number of hydrogen-bond donors (Lipinski definition) is 1. The Labute approximate surface area is 87.3 Å². The van der Waals surface area contributed by atoms with Crippen molar-refractivity contribution in [2.75, 3.05) is 0 Å². The van der Waals surface area contributed by atoms with Crippen molar-refractivity contribution >= 4 is 0 Å². The predicted molar refractivity (Wildman–Crippen MR) is 62.6 cm³/mol. The zero-order valence-corrected chi connectivity index (χ0v) is 9.67. The van der Waals surface area contributed by atoms with Crippen molar-refractivity contribution < 1.29 is 0 Å². The molecule has 0 amide bonds. The van der Waals surface area contributed by atoms with Crippen LogP contribution in [-0.2, 0) is 6.42 Å². The minimum absolute atomic E-state index is 0.223. The highest BCUT2D eigenvalue weighted by atomic mass is 14.6. The van der Waals surface area contributed by atoms with Gasteiger partial charge in [-0.2, -0.15) is 0 Å². The van der Waals surface area contributed by atoms with Crippen LogP contribution in [0.4, 0.5) is 0 Å². The van der Waals surface area contributed by atoms with E-state index in [9.17, 15) is 0 Å². The first-order valence-electron chi connectivity index (χ1n) is 5.41. The molecular formula is C13H21N. The lowest BCUT2D eigenvalue weighted by molar-refractivity contribution is 0.610. The molecule has 2 atom stereocenters. The molecule has 0 radical (unpaired) electrons. The molecule has 1 nitrogen and oxygen atoms in total. The van der Waals surface area contributed by atoms with E-state index in [2.05, 4.69) is 45.9 Å². The van der Waals surface area contributed by atoms with Crippen molar-refractivity contribution in [2.45, 2.75) is 46.1 Å². The lowest BCUT2D eigenvalue weighted by Crippen LogP contribution is -2.23. The monoisotopic (exact) mass is 191 g/mol. The van der Waals surface area contributed by atoms with E-state index < -0.39 is 0 Å². The molecule has 0 aromatic heterocycles. The molecular weight excluding hydrogens is 170 g/mol. The summed E-state index contributed by atoms with van der Waals surface area (Å²) >= 11 is 0. The molecule has 1 aromatic rings. The minimum atomic E-state index is 0.223. The normalized spacial score (nSPS) is 15.2. The lowest BCUT2D eigenvalue weighted by Gasteiger charge is -2.18. The van der Waals surface area contributed by atoms with E-state index in [-0.39, 0.29) is 6.04 Å². The van der Waals surface area contributed by atoms with Crippen LogP contribution in [0.2, 0.25) is 0 Å². The summed E-state index contributed by atoms with van der Waals surface area (Å²) in [7, 11) is 0. The van der Waals surface area contributed by atoms with E-state index in [0.717, 1.165) is 6.42 Å². The number of nitrogens with two attached hydrogens (primary N) is 1. The molecule has 1 heteroatoms. The van der Waals surface area contributed by atoms with Gasteiger partial charge in [0.05, 0.1) is 0 Å². The summed E-state index contributed by atoms with van der Waals surface area (Å²) in [6.07, 6.45) is 1.10. The fraction of sp³-hybridized carbons (Fsp3) is 0.538. The molecule has 2 unspecified atom stereocenters. The molecule has 1 rings (SSSR count). The van der Waals surface area contributed by atoms with Crippen LogP contribution in [0, 0.1) is 6.92 Å². The van der Waals surface area contributed by atoms with Crippen molar-refractivity contribution in [1.82, 2.24) is 0 Å². The molecule has 0 spiro atoms. The van der Waals surface area contributed by atoms with Gasteiger partial charge in [0, 0.05) is 6.04 Å². The number of hydrogen-bond acceptors (Lipinski definition) is 1. The maximum atomic E-state index is 5.91. The van der Waals surface area contributed by atoms with Gasteiger partial charge in [0.1, 0.15) is 0 Å². The van der Waals surface area contributed by atoms with Crippen LogP contribution in [0.5, 0.6) is 0 Å². The maximum Gasteiger partial charge on any atom is 0.00767 e. The van der Waals surface area contributed by atoms with Crippen LogP contribution < -0.4 is 5.73 Å². The lowest BCUT2D eigenvalue weighted by atomic mass is 9.90. The molecule has 0 heterocycles. The highest BCUT2D eigenvalue weighted by Crippen LogP contribution is 2.22. The maximum absolute atomic E-state index is 5.91. The Hall–Kier alpha value is -0.820. The second kappa shape index (κ2) is 4.61. The van der Waals surface area contributed by atoms with Crippen LogP contribution in [0.15, 0.2) is 18.2 Å². The van der Waals surface area contributed by atoms with Gasteiger partial charge in [0.15, 0.2) is 0 Å². The van der Waals surface area contributed by atoms with Gasteiger partial charge >= 0.3 is 0 Å². The first-order chi connectivity index (χ1) is 6.56. The zero-order valence-electron chi connectivity index (χ0n) is 9.67. The Balaban J connectivity index is 2.99. The van der Waals surface area contributed by atoms with Crippen LogP contribution in [0.3, 0.4) is 0 Å². The van der Waals surface area contributed by atoms with Gasteiger partial charge in [-0.1, -0.05) is 32.0 Å². The molecule has 0 saturated heterocycles. The largest absolute Gasteiger partial charge is 0.327 e. The first kappa shape index (κ1) is 11.3. The van der Waals surface area contributed by atoms with Crippen molar-refractivity contribution in [3.63, 3.8) is 0 Å². The summed E-state index contributed by atoms with van der Waals surface area (Å²) in [4.78, 5) is 0. The zero-order chi connectivity index (χ0) is 10.7. The second-order valence-electron chi connectivity index (χ2n) is 4.19. The summed E-state index contributed by atoms with van der Waals surface area (Å²) in [5.74, 6) is 0.445. The summed E-state index contributed by atoms with van der Waals surface area (Å²) in [6, 6.07) is 6.93. The highest BCUT2D eigenvalue weighted by Gasteiger charge is 2.12. The van der Waals surface area contributed by atoms with E-state index in [4.69, 9.17) is 5.73 Å². The molecule has 1 aromatic carbocycles. The van der Waals surface area contributed by atoms with Gasteiger partial charge in [0.2, 0.25) is 0 Å². The Morgan fingerprint density at radius 3 is 2.36 bits per heavy atom. The van der Waals surface area contributed by atoms with E-state index in [1.807, 2.05) is 0 Å². The Morgan fingerprint density at radius 1 is 1.29 bits per heavy atom. The van der Waals surface area contributed by atoms with Crippen LogP contribution in [-0.4, -0.2) is 6.04 Å². The van der Waals surface area contributed by atoms with E-state index in [1.54, 1.807) is 0 Å². The standard InChI is InChI=1S/C13H21N/c1-5-12-6-7-13(9(2)8-12)10(3)11(4)14/h6-8,10-11H,5,14H2,1-4H3. The molecule has 0 bridgehead atoms. The third-order valence-corrected chi connectivity index (χ3v) is 3.02. The average Bonchev–Trinajstić information content (AvgIpc) is 2.16. The van der Waals surface area contributed by atoms with Crippen LogP contribution in [0.1, 0.15) is 43.4 Å². The van der Waals surface area contributed by atoms with E-state index in [1.165, 1.54) is 16.7 Å². The fourth-order valence-corrected chi connectivity index (χ4v) is 1.75. The Kier molecular flexibility index (Phi) is 3.70. The van der Waals surface area contributed by atoms with Crippen molar-refractivity contribution in [2.24, 2.45) is 5.73 Å². The summed E-state index contributed by atoms with van der Waals surface area (Å²) in [6.45, 7) is 8.62. The molecule has 0 aliphatic rings. The second-order valence-corrected chi connectivity index (χ2v) is 4.19. The van der Waals surface area contributed by atoms with Gasteiger partial charge < -0.3 is 5.73 Å². The number of aryl methyl sites for hydroxylation is 2. The van der Waals surface area contributed by atoms with E-state index >= 15 is 0 Å². The van der Waals surface area contributed by atoms with Crippen LogP contribution in [0.25, 0.3) is 0 Å². The van der Waals surface area contributed by atoms with Crippen molar-refractivity contribution in [3.05, 3.63) is 34.9 Å². The molecule has 0 aliphatic carbocycles. The predicted octanol–water partition coefficient (Wildman–Crippen LogP) is 3.01. The SMILES string of the molecule is CCc1ccc(C(C)C(C)N)c(C)c1. The summed E-state index contributed by atoms with van der Waals surface area (Å²) < 4.78 is 0. The Bertz CT molecular complexity index is 302. The third-order valence-electron chi connectivity index (χ3n) is 3.02. The number of rotatable bonds is 3. The van der Waals surface area contributed by atoms with Crippen molar-refractivity contribution in [3.8, 4) is 0 Å². The first-order valence-corrected chi connectivity index (χ1v) is 5.41. The molecule has 78 valence electrons. The van der Waals surface area contributed by atoms with Gasteiger partial charge in [-0.3, -0.25) is 0 Å². The molecule has 2 N–H and O–H groups in total. The Morgan fingerprint density at radius 2 is 1.93 bits per heavy atom. The fourth-order valence-electron chi connectivity index (χ4n) is 1.75. The molecule has 14 heavy (non-hydrogen) atoms. The number of benzene rings is 1. The minimum Gasteiger partial charge on any atom is -0.327 e.